The molecule has 5 aromatic rings. The van der Waals surface area contributed by atoms with E-state index in [1.165, 1.54) is 62.4 Å². The summed E-state index contributed by atoms with van der Waals surface area (Å²) in [6.45, 7) is 7.22. The van der Waals surface area contributed by atoms with Crippen molar-refractivity contribution in [3.63, 3.8) is 0 Å². The van der Waals surface area contributed by atoms with Crippen LogP contribution in [0.25, 0.3) is 22.5 Å². The molecule has 0 spiro atoms. The van der Waals surface area contributed by atoms with E-state index in [1.807, 2.05) is 0 Å². The third kappa shape index (κ3) is 5.10. The monoisotopic (exact) mass is 582 g/mol. The second-order valence-electron chi connectivity index (χ2n) is 12.4. The first-order valence-corrected chi connectivity index (χ1v) is 15.8. The Hall–Kier alpha value is -4.41. The zero-order valence-corrected chi connectivity index (χ0v) is 27.4. The molecule has 1 heterocycles. The molecule has 2 aliphatic rings. The minimum absolute atomic E-state index is 0.0438. The molecule has 1 atom stereocenters. The van der Waals surface area contributed by atoms with Gasteiger partial charge in [-0.1, -0.05) is 124 Å². The zero-order chi connectivity index (χ0) is 30.0. The first kappa shape index (κ1) is 28.7. The van der Waals surface area contributed by atoms with Gasteiger partial charge < -0.3 is 8.84 Å². The van der Waals surface area contributed by atoms with Gasteiger partial charge in [-0.2, -0.15) is 0 Å². The fourth-order valence-electron chi connectivity index (χ4n) is 7.15. The zero-order valence-electron chi connectivity index (χ0n) is 25.4. The Balaban J connectivity index is 0.000000415. The van der Waals surface area contributed by atoms with Gasteiger partial charge in [0, 0.05) is 22.6 Å². The highest BCUT2D eigenvalue weighted by molar-refractivity contribution is 6.07. The molecule has 216 valence electrons. The Labute approximate surface area is 257 Å². The summed E-state index contributed by atoms with van der Waals surface area (Å²) in [4.78, 5) is 10.1. The largest absolute Gasteiger partial charge is 0.553 e. The summed E-state index contributed by atoms with van der Waals surface area (Å²) in [5.74, 6) is 1.08. The highest BCUT2D eigenvalue weighted by Crippen LogP contribution is 2.59. The molecule has 1 aromatic heterocycles. The SMILES string of the molecule is CC(C)(C)C1(c2ccccc2)Cc2c(ccc3c2CCc2ccccc2-3)C(O[SiH3])=C1c1ccccc1.O=c1cccco1. The van der Waals surface area contributed by atoms with Crippen molar-refractivity contribution in [3.05, 3.63) is 165 Å². The third-order valence-electron chi connectivity index (χ3n) is 9.14. The van der Waals surface area contributed by atoms with E-state index < -0.39 is 0 Å². The van der Waals surface area contributed by atoms with Crippen molar-refractivity contribution in [1.82, 2.24) is 0 Å². The number of benzene rings is 4. The maximum Gasteiger partial charge on any atom is 0.335 e. The van der Waals surface area contributed by atoms with Gasteiger partial charge in [0.2, 0.25) is 10.5 Å². The molecule has 43 heavy (non-hydrogen) atoms. The van der Waals surface area contributed by atoms with Crippen LogP contribution in [0.4, 0.5) is 0 Å². The standard InChI is InChI=1S/C34H34OSi.C5H4O2/c1-33(2,3)34(25-15-8-5-9-16-25)22-30-28-19-18-23-12-10-11-17-26(23)27(28)20-21-29(30)32(35-36)31(34)24-13-6-4-7-14-24;6-5-3-1-2-4-7-5/h4-17,20-21H,18-19,22H2,1-3,36H3;1-4H. The molecule has 1 unspecified atom stereocenters. The Bertz CT molecular complexity index is 1810. The smallest absolute Gasteiger partial charge is 0.335 e. The van der Waals surface area contributed by atoms with E-state index in [1.54, 1.807) is 12.1 Å². The first-order valence-electron chi connectivity index (χ1n) is 15.0. The summed E-state index contributed by atoms with van der Waals surface area (Å²) in [6.07, 6.45) is 4.50. The molecule has 2 aliphatic carbocycles. The molecular weight excluding hydrogens is 545 g/mol. The average Bonchev–Trinajstić information content (AvgIpc) is 3.04. The molecule has 0 N–H and O–H groups in total. The van der Waals surface area contributed by atoms with E-state index in [0.717, 1.165) is 25.0 Å². The van der Waals surface area contributed by atoms with Gasteiger partial charge in [0.25, 0.3) is 0 Å². The molecule has 4 heteroatoms. The highest BCUT2D eigenvalue weighted by atomic mass is 28.2. The fraction of sp³-hybridized carbons (Fsp3) is 0.205. The minimum Gasteiger partial charge on any atom is -0.553 e. The summed E-state index contributed by atoms with van der Waals surface area (Å²) in [7, 11) is 0.644. The van der Waals surface area contributed by atoms with Crippen LogP contribution in [0.1, 0.15) is 54.2 Å². The van der Waals surface area contributed by atoms with Crippen molar-refractivity contribution < 1.29 is 8.84 Å². The van der Waals surface area contributed by atoms with E-state index in [2.05, 4.69) is 122 Å². The van der Waals surface area contributed by atoms with Crippen LogP contribution in [-0.2, 0) is 29.1 Å². The highest BCUT2D eigenvalue weighted by Gasteiger charge is 2.51. The summed E-state index contributed by atoms with van der Waals surface area (Å²) < 4.78 is 10.9. The van der Waals surface area contributed by atoms with Gasteiger partial charge in [0.1, 0.15) is 5.76 Å². The molecule has 0 bridgehead atoms. The summed E-state index contributed by atoms with van der Waals surface area (Å²) in [5.41, 5.74) is 11.9. The lowest BCUT2D eigenvalue weighted by Crippen LogP contribution is -2.46. The third-order valence-corrected chi connectivity index (χ3v) is 9.55. The van der Waals surface area contributed by atoms with Crippen LogP contribution < -0.4 is 5.63 Å². The molecule has 0 amide bonds. The number of hydrogen-bond donors (Lipinski definition) is 0. The summed E-state index contributed by atoms with van der Waals surface area (Å²) in [5, 5.41) is 0. The van der Waals surface area contributed by atoms with Gasteiger partial charge in [-0.05, 0) is 69.7 Å². The van der Waals surface area contributed by atoms with Gasteiger partial charge in [-0.3, -0.25) is 0 Å². The second kappa shape index (κ2) is 11.7. The topological polar surface area (TPSA) is 39.4 Å². The van der Waals surface area contributed by atoms with Crippen LogP contribution in [-0.4, -0.2) is 10.5 Å². The van der Waals surface area contributed by atoms with E-state index >= 15 is 0 Å². The van der Waals surface area contributed by atoms with E-state index in [0.29, 0.717) is 10.5 Å². The van der Waals surface area contributed by atoms with Gasteiger partial charge in [0.05, 0.1) is 6.26 Å². The number of aryl methyl sites for hydroxylation is 1. The predicted molar refractivity (Wildman–Crippen MR) is 180 cm³/mol. The maximum atomic E-state index is 10.1. The van der Waals surface area contributed by atoms with E-state index in [4.69, 9.17) is 4.43 Å². The van der Waals surface area contributed by atoms with E-state index in [-0.39, 0.29) is 16.5 Å². The molecular formula is C39H38O3Si. The van der Waals surface area contributed by atoms with Crippen LogP contribution in [0.3, 0.4) is 0 Å². The lowest BCUT2D eigenvalue weighted by Gasteiger charge is -2.51. The van der Waals surface area contributed by atoms with Gasteiger partial charge in [-0.15, -0.1) is 0 Å². The quantitative estimate of drug-likeness (QED) is 0.204. The lowest BCUT2D eigenvalue weighted by molar-refractivity contribution is 0.241. The first-order chi connectivity index (χ1) is 20.8. The van der Waals surface area contributed by atoms with Crippen LogP contribution in [0.15, 0.2) is 131 Å². The normalized spacial score (nSPS) is 17.2. The number of allylic oxidation sites excluding steroid dienone is 1. The van der Waals surface area contributed by atoms with Crippen molar-refractivity contribution in [3.8, 4) is 11.1 Å². The number of hydrogen-bond acceptors (Lipinski definition) is 3. The minimum atomic E-state index is -0.303. The van der Waals surface area contributed by atoms with Crippen LogP contribution >= 0.6 is 0 Å². The molecule has 7 rings (SSSR count). The second-order valence-corrected chi connectivity index (χ2v) is 12.8. The Morgan fingerprint density at radius 1 is 0.698 bits per heavy atom. The molecule has 0 fully saturated rings. The summed E-state index contributed by atoms with van der Waals surface area (Å²) in [6, 6.07) is 40.4. The van der Waals surface area contributed by atoms with Crippen molar-refractivity contribution in [2.24, 2.45) is 5.41 Å². The van der Waals surface area contributed by atoms with Gasteiger partial charge in [-0.25, -0.2) is 4.79 Å². The molecule has 3 nitrogen and oxygen atoms in total. The van der Waals surface area contributed by atoms with Crippen molar-refractivity contribution in [2.45, 2.75) is 45.4 Å². The Kier molecular flexibility index (Phi) is 7.81. The predicted octanol–water partition coefficient (Wildman–Crippen LogP) is 7.80. The van der Waals surface area contributed by atoms with E-state index in [9.17, 15) is 4.79 Å². The summed E-state index contributed by atoms with van der Waals surface area (Å²) >= 11 is 0. The Morgan fingerprint density at radius 2 is 1.35 bits per heavy atom. The molecule has 0 saturated carbocycles. The maximum absolute atomic E-state index is 10.1. The average molecular weight is 583 g/mol. The lowest BCUT2D eigenvalue weighted by atomic mass is 9.52. The van der Waals surface area contributed by atoms with Crippen molar-refractivity contribution in [2.75, 3.05) is 0 Å². The molecule has 4 aromatic carbocycles. The molecule has 0 saturated heterocycles. The fourth-order valence-corrected chi connectivity index (χ4v) is 7.57. The molecule has 0 aliphatic heterocycles. The number of rotatable bonds is 3. The molecule has 0 radical (unpaired) electrons. The van der Waals surface area contributed by atoms with Gasteiger partial charge >= 0.3 is 5.63 Å². The van der Waals surface area contributed by atoms with Crippen molar-refractivity contribution >= 4 is 21.8 Å². The van der Waals surface area contributed by atoms with Crippen LogP contribution in [0.2, 0.25) is 0 Å². The van der Waals surface area contributed by atoms with Crippen LogP contribution in [0.5, 0.6) is 0 Å². The van der Waals surface area contributed by atoms with Crippen LogP contribution in [0, 0.1) is 5.41 Å². The Morgan fingerprint density at radius 3 is 1.98 bits per heavy atom. The van der Waals surface area contributed by atoms with Gasteiger partial charge in [0.15, 0.2) is 0 Å². The van der Waals surface area contributed by atoms with Crippen molar-refractivity contribution in [1.29, 1.82) is 0 Å². The number of fused-ring (bicyclic) bond motifs is 5.